The van der Waals surface area contributed by atoms with Crippen LogP contribution in [0.15, 0.2) is 58.9 Å². The topological polar surface area (TPSA) is 94.4 Å². The number of carbonyl (C=O) groups excluding carboxylic acids is 3. The van der Waals surface area contributed by atoms with Crippen molar-refractivity contribution < 1.29 is 27.6 Å². The smallest absolute Gasteiger partial charge is 0.324 e. The summed E-state index contributed by atoms with van der Waals surface area (Å²) < 4.78 is 38.6. The number of amides is 3. The number of hydrogen-bond acceptors (Lipinski definition) is 6. The molecule has 2 aromatic carbocycles. The molecule has 0 spiro atoms. The van der Waals surface area contributed by atoms with Gasteiger partial charge in [-0.05, 0) is 42.3 Å². The Balaban J connectivity index is 1.46. The molecule has 3 amide bonds. The molecule has 1 saturated heterocycles. The number of aryl methyl sites for hydroxylation is 1. The van der Waals surface area contributed by atoms with Gasteiger partial charge in [-0.1, -0.05) is 30.3 Å². The zero-order chi connectivity index (χ0) is 23.0. The summed E-state index contributed by atoms with van der Waals surface area (Å²) >= 11 is 0. The molecule has 0 bridgehead atoms. The third-order valence-corrected chi connectivity index (χ3v) is 5.24. The molecule has 2 unspecified atom stereocenters. The summed E-state index contributed by atoms with van der Waals surface area (Å²) in [6.07, 6.45) is -3.75. The van der Waals surface area contributed by atoms with E-state index in [1.54, 1.807) is 12.1 Å². The number of nitrogens with zero attached hydrogens (tertiary/aromatic N) is 4. The van der Waals surface area contributed by atoms with Crippen LogP contribution in [0.25, 0.3) is 0 Å². The number of alkyl halides is 3. The Morgan fingerprint density at radius 2 is 1.81 bits per heavy atom. The fourth-order valence-corrected chi connectivity index (χ4v) is 3.61. The van der Waals surface area contributed by atoms with Gasteiger partial charge in [0.1, 0.15) is 6.54 Å². The van der Waals surface area contributed by atoms with Crippen molar-refractivity contribution in [2.24, 2.45) is 10.3 Å². The van der Waals surface area contributed by atoms with E-state index in [1.807, 2.05) is 19.1 Å². The van der Waals surface area contributed by atoms with Crippen LogP contribution < -0.4 is 10.2 Å². The summed E-state index contributed by atoms with van der Waals surface area (Å²) in [7, 11) is 0. The lowest BCUT2D eigenvalue weighted by Crippen LogP contribution is -2.43. The Kier molecular flexibility index (Phi) is 5.41. The minimum absolute atomic E-state index is 0.0519. The van der Waals surface area contributed by atoms with E-state index in [-0.39, 0.29) is 5.69 Å². The molecule has 32 heavy (non-hydrogen) atoms. The highest BCUT2D eigenvalue weighted by atomic mass is 19.4. The minimum atomic E-state index is -4.55. The summed E-state index contributed by atoms with van der Waals surface area (Å²) in [6, 6.07) is 8.97. The Hall–Kier alpha value is -3.76. The van der Waals surface area contributed by atoms with Crippen molar-refractivity contribution in [3.63, 3.8) is 0 Å². The van der Waals surface area contributed by atoms with Crippen LogP contribution in [0.2, 0.25) is 0 Å². The summed E-state index contributed by atoms with van der Waals surface area (Å²) in [6.45, 7) is 1.52. The standard InChI is InChI=1S/C21H18F3N5O3/c1-2-12-6-8-15(9-7-12)29-19(31)17-18(20(29)32)28(27-26-17)11-16(30)25-14-5-3-4-13(10-14)21(22,23)24/h3-10,17-18H,2,11H2,1H3,(H,25,30). The fraction of sp³-hybridized carbons (Fsp3) is 0.286. The van der Waals surface area contributed by atoms with Gasteiger partial charge in [-0.15, -0.1) is 0 Å². The van der Waals surface area contributed by atoms with Crippen molar-refractivity contribution in [1.29, 1.82) is 0 Å². The quantitative estimate of drug-likeness (QED) is 0.716. The number of rotatable bonds is 5. The van der Waals surface area contributed by atoms with Crippen molar-refractivity contribution in [3.8, 4) is 0 Å². The lowest BCUT2D eigenvalue weighted by atomic mass is 10.1. The second kappa shape index (κ2) is 8.06. The highest BCUT2D eigenvalue weighted by Gasteiger charge is 2.55. The zero-order valence-corrected chi connectivity index (χ0v) is 16.8. The van der Waals surface area contributed by atoms with Gasteiger partial charge >= 0.3 is 6.18 Å². The Morgan fingerprint density at radius 1 is 1.09 bits per heavy atom. The first kappa shape index (κ1) is 21.5. The first-order chi connectivity index (χ1) is 15.2. The van der Waals surface area contributed by atoms with Crippen LogP contribution in [0.3, 0.4) is 0 Å². The third kappa shape index (κ3) is 3.93. The normalized spacial score (nSPS) is 20.1. The fourth-order valence-electron chi connectivity index (χ4n) is 3.61. The van der Waals surface area contributed by atoms with Gasteiger partial charge in [0.15, 0.2) is 12.1 Å². The number of fused-ring (bicyclic) bond motifs is 1. The van der Waals surface area contributed by atoms with E-state index in [0.29, 0.717) is 5.69 Å². The predicted molar refractivity (Wildman–Crippen MR) is 108 cm³/mol. The monoisotopic (exact) mass is 445 g/mol. The molecule has 0 aromatic heterocycles. The van der Waals surface area contributed by atoms with E-state index >= 15 is 0 Å². The molecule has 2 aromatic rings. The third-order valence-electron chi connectivity index (χ3n) is 5.24. The Morgan fingerprint density at radius 3 is 2.47 bits per heavy atom. The van der Waals surface area contributed by atoms with Crippen molar-refractivity contribution in [2.75, 3.05) is 16.8 Å². The average molecular weight is 445 g/mol. The van der Waals surface area contributed by atoms with Crippen LogP contribution in [-0.2, 0) is 27.0 Å². The molecule has 1 fully saturated rings. The lowest BCUT2D eigenvalue weighted by molar-refractivity contribution is -0.137. The molecular formula is C21H18F3N5O3. The SMILES string of the molecule is CCc1ccc(N2C(=O)C3N=NN(CC(=O)Nc4cccc(C(F)(F)F)c4)C3C2=O)cc1. The maximum atomic E-state index is 12.9. The minimum Gasteiger partial charge on any atom is -0.324 e. The van der Waals surface area contributed by atoms with E-state index < -0.39 is 48.1 Å². The van der Waals surface area contributed by atoms with Crippen LogP contribution in [0.4, 0.5) is 24.5 Å². The molecule has 8 nitrogen and oxygen atoms in total. The van der Waals surface area contributed by atoms with Gasteiger partial charge in [0.2, 0.25) is 5.91 Å². The molecule has 1 N–H and O–H groups in total. The number of benzene rings is 2. The van der Waals surface area contributed by atoms with Crippen LogP contribution in [0, 0.1) is 0 Å². The van der Waals surface area contributed by atoms with E-state index in [0.717, 1.165) is 34.0 Å². The number of nitrogens with one attached hydrogen (secondary N) is 1. The van der Waals surface area contributed by atoms with E-state index in [2.05, 4.69) is 15.7 Å². The summed E-state index contributed by atoms with van der Waals surface area (Å²) in [5, 5.41) is 11.0. The van der Waals surface area contributed by atoms with Crippen LogP contribution in [0.5, 0.6) is 0 Å². The maximum absolute atomic E-state index is 12.9. The van der Waals surface area contributed by atoms with Crippen LogP contribution in [0.1, 0.15) is 18.1 Å². The van der Waals surface area contributed by atoms with Crippen LogP contribution in [-0.4, -0.2) is 41.4 Å². The lowest BCUT2D eigenvalue weighted by Gasteiger charge is -2.20. The first-order valence-electron chi connectivity index (χ1n) is 9.80. The number of imide groups is 1. The molecule has 4 rings (SSSR count). The summed E-state index contributed by atoms with van der Waals surface area (Å²) in [4.78, 5) is 39.1. The number of carbonyl (C=O) groups is 3. The van der Waals surface area contributed by atoms with Crippen molar-refractivity contribution >= 4 is 29.1 Å². The average Bonchev–Trinajstić information content (AvgIpc) is 3.27. The Labute approximate surface area is 180 Å². The second-order valence-corrected chi connectivity index (χ2v) is 7.35. The zero-order valence-electron chi connectivity index (χ0n) is 16.8. The number of hydrogen-bond donors (Lipinski definition) is 1. The molecule has 0 aliphatic carbocycles. The largest absolute Gasteiger partial charge is 0.416 e. The summed E-state index contributed by atoms with van der Waals surface area (Å²) in [5.41, 5.74) is 0.484. The summed E-state index contributed by atoms with van der Waals surface area (Å²) in [5.74, 6) is -1.81. The molecule has 2 aliphatic heterocycles. The van der Waals surface area contributed by atoms with Gasteiger partial charge in [0, 0.05) is 5.69 Å². The van der Waals surface area contributed by atoms with Gasteiger partial charge in [0.05, 0.1) is 11.3 Å². The van der Waals surface area contributed by atoms with E-state index in [4.69, 9.17) is 0 Å². The number of anilines is 2. The first-order valence-corrected chi connectivity index (χ1v) is 9.80. The molecule has 0 radical (unpaired) electrons. The Bertz CT molecular complexity index is 1100. The van der Waals surface area contributed by atoms with Crippen molar-refractivity contribution in [3.05, 3.63) is 59.7 Å². The second-order valence-electron chi connectivity index (χ2n) is 7.35. The molecule has 11 heteroatoms. The van der Waals surface area contributed by atoms with Crippen molar-refractivity contribution in [1.82, 2.24) is 5.01 Å². The highest BCUT2D eigenvalue weighted by molar-refractivity contribution is 6.25. The molecule has 0 saturated carbocycles. The van der Waals surface area contributed by atoms with Gasteiger partial charge < -0.3 is 5.32 Å². The molecule has 166 valence electrons. The molecular weight excluding hydrogens is 427 g/mol. The molecule has 2 atom stereocenters. The van der Waals surface area contributed by atoms with Gasteiger partial charge in [-0.25, -0.2) is 4.90 Å². The van der Waals surface area contributed by atoms with E-state index in [9.17, 15) is 27.6 Å². The highest BCUT2D eigenvalue weighted by Crippen LogP contribution is 2.33. The van der Waals surface area contributed by atoms with Gasteiger partial charge in [0.25, 0.3) is 11.8 Å². The van der Waals surface area contributed by atoms with E-state index in [1.165, 1.54) is 12.1 Å². The van der Waals surface area contributed by atoms with Gasteiger partial charge in [-0.2, -0.15) is 18.3 Å². The predicted octanol–water partition coefficient (Wildman–Crippen LogP) is 3.20. The van der Waals surface area contributed by atoms with Gasteiger partial charge in [-0.3, -0.25) is 19.4 Å². The number of halogens is 3. The molecule has 2 heterocycles. The van der Waals surface area contributed by atoms with Crippen molar-refractivity contribution in [2.45, 2.75) is 31.6 Å². The van der Waals surface area contributed by atoms with Crippen LogP contribution >= 0.6 is 0 Å². The molecule has 2 aliphatic rings. The maximum Gasteiger partial charge on any atom is 0.416 e.